The highest BCUT2D eigenvalue weighted by atomic mass is 19.1. The SMILES string of the molecule is CN(C/C=C/c1ccccc1F)Cc1cccc2ccccc12. The van der Waals surface area contributed by atoms with Gasteiger partial charge in [0, 0.05) is 18.7 Å². The Hall–Kier alpha value is -2.45. The molecule has 0 aromatic heterocycles. The second kappa shape index (κ2) is 7.21. The van der Waals surface area contributed by atoms with Gasteiger partial charge in [0.25, 0.3) is 0 Å². The molecular formula is C21H20FN. The molecule has 0 aliphatic rings. The second-order valence-electron chi connectivity index (χ2n) is 5.76. The van der Waals surface area contributed by atoms with Crippen molar-refractivity contribution in [3.8, 4) is 0 Å². The Morgan fingerprint density at radius 1 is 0.913 bits per heavy atom. The van der Waals surface area contributed by atoms with Gasteiger partial charge in [-0.05, 0) is 29.4 Å². The number of nitrogens with zero attached hydrogens (tertiary/aromatic N) is 1. The summed E-state index contributed by atoms with van der Waals surface area (Å²) in [5.41, 5.74) is 1.94. The zero-order valence-electron chi connectivity index (χ0n) is 13.2. The summed E-state index contributed by atoms with van der Waals surface area (Å²) in [5.74, 6) is -0.180. The van der Waals surface area contributed by atoms with Gasteiger partial charge in [-0.2, -0.15) is 0 Å². The summed E-state index contributed by atoms with van der Waals surface area (Å²) in [6.07, 6.45) is 3.85. The molecule has 0 saturated carbocycles. The van der Waals surface area contributed by atoms with E-state index in [1.54, 1.807) is 12.1 Å². The summed E-state index contributed by atoms with van der Waals surface area (Å²) in [4.78, 5) is 2.22. The lowest BCUT2D eigenvalue weighted by Gasteiger charge is -2.16. The largest absolute Gasteiger partial charge is 0.298 e. The highest BCUT2D eigenvalue weighted by Gasteiger charge is 2.03. The molecule has 3 aromatic rings. The minimum Gasteiger partial charge on any atom is -0.298 e. The Morgan fingerprint density at radius 3 is 2.52 bits per heavy atom. The number of hydrogen-bond acceptors (Lipinski definition) is 1. The first kappa shape index (κ1) is 15.4. The first-order valence-electron chi connectivity index (χ1n) is 7.80. The van der Waals surface area contributed by atoms with Crippen LogP contribution in [0.1, 0.15) is 11.1 Å². The molecular weight excluding hydrogens is 285 g/mol. The van der Waals surface area contributed by atoms with Crippen LogP contribution in [-0.4, -0.2) is 18.5 Å². The molecule has 3 aromatic carbocycles. The molecule has 0 bridgehead atoms. The summed E-state index contributed by atoms with van der Waals surface area (Å²) < 4.78 is 13.6. The molecule has 116 valence electrons. The van der Waals surface area contributed by atoms with Gasteiger partial charge in [0.2, 0.25) is 0 Å². The molecule has 3 rings (SSSR count). The van der Waals surface area contributed by atoms with E-state index in [0.717, 1.165) is 13.1 Å². The number of hydrogen-bond donors (Lipinski definition) is 0. The molecule has 0 N–H and O–H groups in total. The molecule has 0 fully saturated rings. The molecule has 0 aliphatic heterocycles. The van der Waals surface area contributed by atoms with Crippen molar-refractivity contribution in [3.05, 3.63) is 89.8 Å². The molecule has 0 radical (unpaired) electrons. The number of fused-ring (bicyclic) bond motifs is 1. The fourth-order valence-electron chi connectivity index (χ4n) is 2.76. The summed E-state index contributed by atoms with van der Waals surface area (Å²) in [6.45, 7) is 1.64. The lowest BCUT2D eigenvalue weighted by atomic mass is 10.0. The van der Waals surface area contributed by atoms with Crippen LogP contribution >= 0.6 is 0 Å². The first-order chi connectivity index (χ1) is 11.2. The van der Waals surface area contributed by atoms with E-state index in [4.69, 9.17) is 0 Å². The van der Waals surface area contributed by atoms with Crippen LogP contribution in [0.2, 0.25) is 0 Å². The van der Waals surface area contributed by atoms with Crippen molar-refractivity contribution < 1.29 is 4.39 Å². The lowest BCUT2D eigenvalue weighted by Crippen LogP contribution is -2.17. The van der Waals surface area contributed by atoms with Gasteiger partial charge in [-0.15, -0.1) is 0 Å². The van der Waals surface area contributed by atoms with Crippen LogP contribution in [-0.2, 0) is 6.54 Å². The van der Waals surface area contributed by atoms with Crippen LogP contribution in [0.15, 0.2) is 72.8 Å². The minimum absolute atomic E-state index is 0.180. The van der Waals surface area contributed by atoms with Gasteiger partial charge in [0.15, 0.2) is 0 Å². The molecule has 0 aliphatic carbocycles. The predicted molar refractivity (Wildman–Crippen MR) is 95.7 cm³/mol. The van der Waals surface area contributed by atoms with Crippen LogP contribution in [0.5, 0.6) is 0 Å². The Labute approximate surface area is 136 Å². The molecule has 0 unspecified atom stereocenters. The molecule has 23 heavy (non-hydrogen) atoms. The van der Waals surface area contributed by atoms with Crippen molar-refractivity contribution in [2.45, 2.75) is 6.54 Å². The molecule has 2 heteroatoms. The minimum atomic E-state index is -0.180. The normalized spacial score (nSPS) is 11.6. The van der Waals surface area contributed by atoms with Gasteiger partial charge in [-0.25, -0.2) is 4.39 Å². The molecule has 0 saturated heterocycles. The highest BCUT2D eigenvalue weighted by Crippen LogP contribution is 2.19. The topological polar surface area (TPSA) is 3.24 Å². The fourth-order valence-corrected chi connectivity index (χ4v) is 2.76. The van der Waals surface area contributed by atoms with Gasteiger partial charge in [-0.3, -0.25) is 4.90 Å². The zero-order valence-corrected chi connectivity index (χ0v) is 13.2. The van der Waals surface area contributed by atoms with Crippen LogP contribution in [0.4, 0.5) is 4.39 Å². The van der Waals surface area contributed by atoms with Crippen molar-refractivity contribution in [3.63, 3.8) is 0 Å². The van der Waals surface area contributed by atoms with E-state index >= 15 is 0 Å². The van der Waals surface area contributed by atoms with E-state index in [1.165, 1.54) is 22.4 Å². The third-order valence-corrected chi connectivity index (χ3v) is 3.94. The van der Waals surface area contributed by atoms with Crippen molar-refractivity contribution in [2.24, 2.45) is 0 Å². The van der Waals surface area contributed by atoms with Gasteiger partial charge < -0.3 is 0 Å². The van der Waals surface area contributed by atoms with Gasteiger partial charge >= 0.3 is 0 Å². The second-order valence-corrected chi connectivity index (χ2v) is 5.76. The van der Waals surface area contributed by atoms with Gasteiger partial charge in [-0.1, -0.05) is 72.8 Å². The first-order valence-corrected chi connectivity index (χ1v) is 7.80. The monoisotopic (exact) mass is 305 g/mol. The number of likely N-dealkylation sites (N-methyl/N-ethyl adjacent to an activating group) is 1. The van der Waals surface area contributed by atoms with E-state index < -0.39 is 0 Å². The third-order valence-electron chi connectivity index (χ3n) is 3.94. The van der Waals surface area contributed by atoms with Crippen LogP contribution in [0, 0.1) is 5.82 Å². The van der Waals surface area contributed by atoms with Gasteiger partial charge in [0.05, 0.1) is 0 Å². The van der Waals surface area contributed by atoms with Crippen molar-refractivity contribution in [1.82, 2.24) is 4.90 Å². The summed E-state index contributed by atoms with van der Waals surface area (Å²) in [7, 11) is 2.08. The van der Waals surface area contributed by atoms with E-state index in [1.807, 2.05) is 18.2 Å². The van der Waals surface area contributed by atoms with E-state index in [2.05, 4.69) is 54.4 Å². The van der Waals surface area contributed by atoms with E-state index in [-0.39, 0.29) is 5.82 Å². The Kier molecular flexibility index (Phi) is 4.84. The summed E-state index contributed by atoms with van der Waals surface area (Å²) in [5, 5.41) is 2.56. The molecule has 0 atom stereocenters. The molecule has 0 heterocycles. The highest BCUT2D eigenvalue weighted by molar-refractivity contribution is 5.85. The maximum Gasteiger partial charge on any atom is 0.130 e. The quantitative estimate of drug-likeness (QED) is 0.632. The molecule has 1 nitrogen and oxygen atoms in total. The standard InChI is InChI=1S/C21H20FN/c1-23(15-7-12-18-9-3-5-14-21(18)22)16-19-11-6-10-17-8-2-4-13-20(17)19/h2-14H,15-16H2,1H3/b12-7+. The fraction of sp³-hybridized carbons (Fsp3) is 0.143. The summed E-state index contributed by atoms with van der Waals surface area (Å²) >= 11 is 0. The van der Waals surface area contributed by atoms with E-state index in [0.29, 0.717) is 5.56 Å². The van der Waals surface area contributed by atoms with Crippen LogP contribution in [0.25, 0.3) is 16.8 Å². The average Bonchev–Trinajstić information content (AvgIpc) is 2.57. The Morgan fingerprint density at radius 2 is 1.65 bits per heavy atom. The van der Waals surface area contributed by atoms with Crippen LogP contribution in [0.3, 0.4) is 0 Å². The Balaban J connectivity index is 1.67. The molecule has 0 spiro atoms. The third kappa shape index (κ3) is 3.85. The van der Waals surface area contributed by atoms with Crippen molar-refractivity contribution in [1.29, 1.82) is 0 Å². The maximum atomic E-state index is 13.6. The Bertz CT molecular complexity index is 817. The number of rotatable bonds is 5. The lowest BCUT2D eigenvalue weighted by molar-refractivity contribution is 0.365. The zero-order chi connectivity index (χ0) is 16.1. The number of halogens is 1. The summed E-state index contributed by atoms with van der Waals surface area (Å²) in [6, 6.07) is 21.7. The van der Waals surface area contributed by atoms with Crippen LogP contribution < -0.4 is 0 Å². The maximum absolute atomic E-state index is 13.6. The smallest absolute Gasteiger partial charge is 0.130 e. The van der Waals surface area contributed by atoms with E-state index in [9.17, 15) is 4.39 Å². The number of benzene rings is 3. The van der Waals surface area contributed by atoms with Gasteiger partial charge in [0.1, 0.15) is 5.82 Å². The molecule has 0 amide bonds. The average molecular weight is 305 g/mol. The predicted octanol–water partition coefficient (Wildman–Crippen LogP) is 5.12. The van der Waals surface area contributed by atoms with Crippen molar-refractivity contribution in [2.75, 3.05) is 13.6 Å². The van der Waals surface area contributed by atoms with Crippen molar-refractivity contribution >= 4 is 16.8 Å².